The van der Waals surface area contributed by atoms with E-state index in [4.69, 9.17) is 5.11 Å². The van der Waals surface area contributed by atoms with Gasteiger partial charge in [-0.15, -0.1) is 0 Å². The van der Waals surface area contributed by atoms with E-state index in [-0.39, 0.29) is 18.6 Å². The van der Waals surface area contributed by atoms with E-state index in [2.05, 4.69) is 4.90 Å². The Labute approximate surface area is 127 Å². The van der Waals surface area contributed by atoms with Crippen LogP contribution in [0, 0.1) is 0 Å². The topological polar surface area (TPSA) is 64.1 Å². The fourth-order valence-electron chi connectivity index (χ4n) is 2.86. The lowest BCUT2D eigenvalue weighted by Gasteiger charge is -2.33. The van der Waals surface area contributed by atoms with Gasteiger partial charge < -0.3 is 19.8 Å². The second-order valence-electron chi connectivity index (χ2n) is 5.98. The SMILES string of the molecule is CCN(CCCN(C)C)C(=O)N(CC(=O)O)C1CCCC1. The van der Waals surface area contributed by atoms with Gasteiger partial charge in [0, 0.05) is 19.1 Å². The highest BCUT2D eigenvalue weighted by Gasteiger charge is 2.30. The summed E-state index contributed by atoms with van der Waals surface area (Å²) in [5.41, 5.74) is 0. The first-order valence-corrected chi connectivity index (χ1v) is 7.87. The largest absolute Gasteiger partial charge is 0.480 e. The van der Waals surface area contributed by atoms with Gasteiger partial charge in [-0.1, -0.05) is 12.8 Å². The van der Waals surface area contributed by atoms with Crippen LogP contribution in [0.25, 0.3) is 0 Å². The van der Waals surface area contributed by atoms with Crippen molar-refractivity contribution < 1.29 is 14.7 Å². The van der Waals surface area contributed by atoms with Crippen LogP contribution in [-0.4, -0.2) is 78.1 Å². The van der Waals surface area contributed by atoms with Crippen LogP contribution >= 0.6 is 0 Å². The van der Waals surface area contributed by atoms with Gasteiger partial charge in [0.1, 0.15) is 6.54 Å². The Morgan fingerprint density at radius 1 is 1.14 bits per heavy atom. The Morgan fingerprint density at radius 3 is 2.24 bits per heavy atom. The fraction of sp³-hybridized carbons (Fsp3) is 0.867. The number of nitrogens with zero attached hydrogens (tertiary/aromatic N) is 3. The number of hydrogen-bond acceptors (Lipinski definition) is 3. The molecule has 0 aromatic heterocycles. The first-order valence-electron chi connectivity index (χ1n) is 7.87. The summed E-state index contributed by atoms with van der Waals surface area (Å²) in [6.45, 7) is 3.98. The molecule has 0 unspecified atom stereocenters. The molecule has 1 aliphatic carbocycles. The monoisotopic (exact) mass is 299 g/mol. The summed E-state index contributed by atoms with van der Waals surface area (Å²) in [5, 5.41) is 9.08. The van der Waals surface area contributed by atoms with E-state index in [1.807, 2.05) is 21.0 Å². The maximum atomic E-state index is 12.6. The predicted molar refractivity (Wildman–Crippen MR) is 82.4 cm³/mol. The average molecular weight is 299 g/mol. The van der Waals surface area contributed by atoms with E-state index in [1.165, 1.54) is 0 Å². The lowest BCUT2D eigenvalue weighted by atomic mass is 10.2. The molecule has 0 aliphatic heterocycles. The number of aliphatic carboxylic acids is 1. The molecule has 1 N–H and O–H groups in total. The Balaban J connectivity index is 2.64. The molecule has 6 heteroatoms. The fourth-order valence-corrected chi connectivity index (χ4v) is 2.86. The molecule has 1 saturated carbocycles. The van der Waals surface area contributed by atoms with Crippen LogP contribution in [0.3, 0.4) is 0 Å². The number of amides is 2. The first kappa shape index (κ1) is 17.8. The summed E-state index contributed by atoms with van der Waals surface area (Å²) in [7, 11) is 4.01. The van der Waals surface area contributed by atoms with Crippen LogP contribution in [-0.2, 0) is 4.79 Å². The van der Waals surface area contributed by atoms with E-state index in [0.717, 1.165) is 38.6 Å². The molecular formula is C15H29N3O3. The summed E-state index contributed by atoms with van der Waals surface area (Å²) < 4.78 is 0. The third kappa shape index (κ3) is 5.91. The van der Waals surface area contributed by atoms with Crippen molar-refractivity contribution in [2.24, 2.45) is 0 Å². The van der Waals surface area contributed by atoms with Gasteiger partial charge in [0.05, 0.1) is 0 Å². The van der Waals surface area contributed by atoms with Crippen molar-refractivity contribution >= 4 is 12.0 Å². The zero-order chi connectivity index (χ0) is 15.8. The molecule has 2 amide bonds. The number of urea groups is 1. The third-order valence-corrected chi connectivity index (χ3v) is 4.00. The lowest BCUT2D eigenvalue weighted by Crippen LogP contribution is -2.49. The molecule has 0 atom stereocenters. The van der Waals surface area contributed by atoms with Crippen molar-refractivity contribution in [1.29, 1.82) is 0 Å². The number of rotatable bonds is 8. The van der Waals surface area contributed by atoms with Crippen LogP contribution in [0.4, 0.5) is 4.79 Å². The van der Waals surface area contributed by atoms with E-state index in [9.17, 15) is 9.59 Å². The molecule has 0 aromatic carbocycles. The molecule has 0 bridgehead atoms. The zero-order valence-electron chi connectivity index (χ0n) is 13.5. The normalized spacial score (nSPS) is 15.4. The highest BCUT2D eigenvalue weighted by Crippen LogP contribution is 2.24. The van der Waals surface area contributed by atoms with Gasteiger partial charge in [-0.2, -0.15) is 0 Å². The molecule has 21 heavy (non-hydrogen) atoms. The standard InChI is InChI=1S/C15H29N3O3/c1-4-17(11-7-10-16(2)3)15(21)18(12-14(19)20)13-8-5-6-9-13/h13H,4-12H2,1-3H3,(H,19,20). The van der Waals surface area contributed by atoms with E-state index >= 15 is 0 Å². The number of carboxylic acid groups (broad SMARTS) is 1. The molecule has 0 radical (unpaired) electrons. The second-order valence-corrected chi connectivity index (χ2v) is 5.98. The Morgan fingerprint density at radius 2 is 1.76 bits per heavy atom. The van der Waals surface area contributed by atoms with Crippen LogP contribution in [0.5, 0.6) is 0 Å². The molecule has 122 valence electrons. The molecule has 1 rings (SSSR count). The molecule has 6 nitrogen and oxygen atoms in total. The summed E-state index contributed by atoms with van der Waals surface area (Å²) >= 11 is 0. The number of carbonyl (C=O) groups excluding carboxylic acids is 1. The van der Waals surface area contributed by atoms with Crippen molar-refractivity contribution in [3.05, 3.63) is 0 Å². The molecule has 1 aliphatic rings. The van der Waals surface area contributed by atoms with Gasteiger partial charge in [0.15, 0.2) is 0 Å². The highest BCUT2D eigenvalue weighted by atomic mass is 16.4. The third-order valence-electron chi connectivity index (χ3n) is 4.00. The minimum Gasteiger partial charge on any atom is -0.480 e. The molecular weight excluding hydrogens is 270 g/mol. The van der Waals surface area contributed by atoms with Crippen molar-refractivity contribution in [2.75, 3.05) is 40.3 Å². The maximum absolute atomic E-state index is 12.6. The van der Waals surface area contributed by atoms with Crippen LogP contribution < -0.4 is 0 Å². The molecule has 0 spiro atoms. The van der Waals surface area contributed by atoms with Gasteiger partial charge in [-0.25, -0.2) is 4.79 Å². The Bertz CT molecular complexity index is 341. The van der Waals surface area contributed by atoms with Gasteiger partial charge in [0.2, 0.25) is 0 Å². The minimum atomic E-state index is -0.931. The predicted octanol–water partition coefficient (Wildman–Crippen LogP) is 1.71. The van der Waals surface area contributed by atoms with E-state index in [1.54, 1.807) is 9.80 Å². The summed E-state index contributed by atoms with van der Waals surface area (Å²) in [6, 6.07) is -0.0259. The smallest absolute Gasteiger partial charge is 0.323 e. The summed E-state index contributed by atoms with van der Waals surface area (Å²) in [4.78, 5) is 29.1. The van der Waals surface area contributed by atoms with E-state index in [0.29, 0.717) is 13.1 Å². The van der Waals surface area contributed by atoms with Gasteiger partial charge >= 0.3 is 12.0 Å². The number of carboxylic acids is 1. The van der Waals surface area contributed by atoms with Crippen molar-refractivity contribution in [1.82, 2.24) is 14.7 Å². The van der Waals surface area contributed by atoms with Crippen molar-refractivity contribution in [2.45, 2.75) is 45.1 Å². The second kappa shape index (κ2) is 8.87. The molecule has 0 saturated heterocycles. The van der Waals surface area contributed by atoms with Gasteiger partial charge in [-0.05, 0) is 46.8 Å². The van der Waals surface area contributed by atoms with Crippen LogP contribution in [0.1, 0.15) is 39.0 Å². The molecule has 0 aromatic rings. The molecule has 0 heterocycles. The summed E-state index contributed by atoms with van der Waals surface area (Å²) in [6.07, 6.45) is 4.92. The lowest BCUT2D eigenvalue weighted by molar-refractivity contribution is -0.138. The Kier molecular flexibility index (Phi) is 7.50. The highest BCUT2D eigenvalue weighted by molar-refractivity contribution is 5.80. The van der Waals surface area contributed by atoms with E-state index < -0.39 is 5.97 Å². The van der Waals surface area contributed by atoms with Gasteiger partial charge in [-0.3, -0.25) is 4.79 Å². The maximum Gasteiger partial charge on any atom is 0.323 e. The number of carbonyl (C=O) groups is 2. The average Bonchev–Trinajstić information content (AvgIpc) is 2.93. The van der Waals surface area contributed by atoms with Crippen molar-refractivity contribution in [3.8, 4) is 0 Å². The first-order chi connectivity index (χ1) is 9.95. The Hall–Kier alpha value is -1.30. The van der Waals surface area contributed by atoms with Crippen LogP contribution in [0.2, 0.25) is 0 Å². The molecule has 1 fully saturated rings. The van der Waals surface area contributed by atoms with Crippen LogP contribution in [0.15, 0.2) is 0 Å². The summed E-state index contributed by atoms with van der Waals surface area (Å²) in [5.74, 6) is -0.931. The zero-order valence-corrected chi connectivity index (χ0v) is 13.5. The minimum absolute atomic E-state index is 0.0940. The van der Waals surface area contributed by atoms with Crippen molar-refractivity contribution in [3.63, 3.8) is 0 Å². The quantitative estimate of drug-likeness (QED) is 0.741. The van der Waals surface area contributed by atoms with Gasteiger partial charge in [0.25, 0.3) is 0 Å². The number of hydrogen-bond donors (Lipinski definition) is 1.